The Morgan fingerprint density at radius 3 is 1.63 bits per heavy atom. The third kappa shape index (κ3) is 7.18. The van der Waals surface area contributed by atoms with Crippen LogP contribution in [0.25, 0.3) is 10.9 Å². The van der Waals surface area contributed by atoms with Gasteiger partial charge < -0.3 is 0 Å². The maximum Gasteiger partial charge on any atom is 2.00 e. The van der Waals surface area contributed by atoms with Gasteiger partial charge in [-0.05, 0) is 87.6 Å². The summed E-state index contributed by atoms with van der Waals surface area (Å²) >= 11 is 0. The average Bonchev–Trinajstić information content (AvgIpc) is 3.77. The van der Waals surface area contributed by atoms with E-state index in [0.717, 1.165) is 11.2 Å². The van der Waals surface area contributed by atoms with Gasteiger partial charge in [-0.1, -0.05) is 115 Å². The van der Waals surface area contributed by atoms with Crippen LogP contribution in [0.4, 0.5) is 0 Å². The second-order valence-corrected chi connectivity index (χ2v) is 11.9. The van der Waals surface area contributed by atoms with E-state index in [9.17, 15) is 0 Å². The molecular weight excluding hydrogens is 557 g/mol. The first kappa shape index (κ1) is 29.7. The van der Waals surface area contributed by atoms with Crippen LogP contribution in [0.5, 0.6) is 0 Å². The summed E-state index contributed by atoms with van der Waals surface area (Å²) < 4.78 is 0. The molecule has 1 heterocycles. The first-order valence-corrected chi connectivity index (χ1v) is 15.0. The number of hydrogen-bond donors (Lipinski definition) is 0. The smallest absolute Gasteiger partial charge is 0.252 e. The van der Waals surface area contributed by atoms with Crippen molar-refractivity contribution in [3.8, 4) is 0 Å². The molecule has 5 aromatic rings. The minimum atomic E-state index is -0.710. The summed E-state index contributed by atoms with van der Waals surface area (Å²) in [6, 6.07) is 45.6. The van der Waals surface area contributed by atoms with Crippen LogP contribution in [-0.4, -0.2) is 4.98 Å². The molecule has 2 aliphatic rings. The largest absolute Gasteiger partial charge is 2.00 e. The van der Waals surface area contributed by atoms with E-state index in [4.69, 9.17) is 4.98 Å². The molecule has 0 N–H and O–H groups in total. The third-order valence-electron chi connectivity index (χ3n) is 7.02. The molecule has 0 saturated heterocycles. The zero-order chi connectivity index (χ0) is 27.0. The van der Waals surface area contributed by atoms with Crippen molar-refractivity contribution in [1.82, 2.24) is 4.98 Å². The molecule has 4 aromatic carbocycles. The van der Waals surface area contributed by atoms with Crippen molar-refractivity contribution in [2.45, 2.75) is 5.66 Å². The molecule has 0 bridgehead atoms. The molecule has 0 amide bonds. The molecule has 2 aliphatic carbocycles. The van der Waals surface area contributed by atoms with Crippen LogP contribution in [0, 0.1) is 63.2 Å². The quantitative estimate of drug-likeness (QED) is 0.144. The van der Waals surface area contributed by atoms with Crippen LogP contribution in [0.15, 0.2) is 127 Å². The second kappa shape index (κ2) is 14.9. The normalized spacial score (nSPS) is 16.2. The van der Waals surface area contributed by atoms with E-state index in [1.54, 1.807) is 0 Å². The van der Waals surface area contributed by atoms with Crippen molar-refractivity contribution < 1.29 is 17.1 Å². The number of rotatable bonds is 6. The fourth-order valence-corrected chi connectivity index (χ4v) is 8.02. The number of hydrogen-bond acceptors (Lipinski definition) is 1. The fourth-order valence-electron chi connectivity index (χ4n) is 5.17. The Morgan fingerprint density at radius 2 is 1.02 bits per heavy atom. The van der Waals surface area contributed by atoms with Gasteiger partial charge in [0.15, 0.2) is 0 Å². The molecule has 0 aliphatic heterocycles. The molecule has 1 atom stereocenters. The van der Waals surface area contributed by atoms with Crippen molar-refractivity contribution >= 4 is 29.4 Å². The Balaban J connectivity index is 0.000000510. The summed E-state index contributed by atoms with van der Waals surface area (Å²) in [4.78, 5) is 5.07. The van der Waals surface area contributed by atoms with E-state index >= 15 is 0 Å². The van der Waals surface area contributed by atoms with E-state index < -0.39 is 7.92 Å². The van der Waals surface area contributed by atoms with Crippen LogP contribution < -0.4 is 10.6 Å². The number of benzene rings is 4. The predicted octanol–water partition coefficient (Wildman–Crippen LogP) is 8.25. The van der Waals surface area contributed by atoms with E-state index in [-0.39, 0.29) is 22.7 Å². The van der Waals surface area contributed by atoms with E-state index in [2.05, 4.69) is 147 Å². The van der Waals surface area contributed by atoms with Gasteiger partial charge in [-0.3, -0.25) is 4.98 Å². The molecular formula is C38H30FeNP+2. The van der Waals surface area contributed by atoms with Crippen LogP contribution in [0.2, 0.25) is 0 Å². The molecule has 1 aromatic heterocycles. The number of aromatic nitrogens is 1. The van der Waals surface area contributed by atoms with Gasteiger partial charge in [-0.15, -0.1) is 0 Å². The third-order valence-corrected chi connectivity index (χ3v) is 9.82. The topological polar surface area (TPSA) is 12.9 Å². The van der Waals surface area contributed by atoms with Crippen molar-refractivity contribution in [3.63, 3.8) is 0 Å². The van der Waals surface area contributed by atoms with Crippen LogP contribution in [0.1, 0.15) is 16.9 Å². The molecule has 198 valence electrons. The molecule has 2 fully saturated rings. The van der Waals surface area contributed by atoms with E-state index in [0.29, 0.717) is 0 Å². The minimum Gasteiger partial charge on any atom is -0.252 e. The molecule has 2 saturated carbocycles. The van der Waals surface area contributed by atoms with E-state index in [1.807, 2.05) is 32.1 Å². The van der Waals surface area contributed by atoms with Crippen molar-refractivity contribution in [3.05, 3.63) is 202 Å². The van der Waals surface area contributed by atoms with Crippen molar-refractivity contribution in [2.75, 3.05) is 0 Å². The predicted molar refractivity (Wildman–Crippen MR) is 170 cm³/mol. The maximum absolute atomic E-state index is 5.07. The van der Waals surface area contributed by atoms with Gasteiger partial charge in [0.2, 0.25) is 0 Å². The van der Waals surface area contributed by atoms with Gasteiger partial charge in [0.25, 0.3) is 0 Å². The molecule has 1 nitrogen and oxygen atoms in total. The monoisotopic (exact) mass is 587 g/mol. The van der Waals surface area contributed by atoms with Gasteiger partial charge in [0, 0.05) is 28.6 Å². The number of para-hydroxylation sites is 1. The van der Waals surface area contributed by atoms with Crippen LogP contribution in [0.3, 0.4) is 0 Å². The maximum atomic E-state index is 5.07. The average molecular weight is 587 g/mol. The molecule has 0 spiro atoms. The van der Waals surface area contributed by atoms with Crippen molar-refractivity contribution in [2.24, 2.45) is 0 Å². The van der Waals surface area contributed by atoms with Gasteiger partial charge in [0.05, 0.1) is 5.52 Å². The Morgan fingerprint density at radius 1 is 0.488 bits per heavy atom. The molecule has 10 radical (unpaired) electrons. The first-order valence-electron chi connectivity index (χ1n) is 13.6. The van der Waals surface area contributed by atoms with E-state index in [1.165, 1.54) is 33.4 Å². The van der Waals surface area contributed by atoms with Gasteiger partial charge in [-0.2, -0.15) is 0 Å². The number of nitrogens with zero attached hydrogens (tertiary/aromatic N) is 1. The standard InChI is InChI=1S/C33H25NP.C5H5.Fe/c1-4-14-26(15-5-1)33(35(27-16-6-2-7-17-27)28-18-8-3-9-19-28)30-21-12-20-29(30)32-24-23-25-13-10-11-22-31(25)34-32;1-2-4-5-3-1;/h1-24,33H;1-5H;/q;;+2/t33-;;/m1../s1. The molecule has 7 rings (SSSR count). The summed E-state index contributed by atoms with van der Waals surface area (Å²) in [6.07, 6.45) is 16.7. The Hall–Kier alpha value is -2.76. The van der Waals surface area contributed by atoms with Crippen LogP contribution >= 0.6 is 7.92 Å². The number of pyridine rings is 1. The molecule has 41 heavy (non-hydrogen) atoms. The minimum absolute atomic E-state index is 0. The Kier molecular flexibility index (Phi) is 10.8. The van der Waals surface area contributed by atoms with Gasteiger partial charge in [-0.25, -0.2) is 0 Å². The summed E-state index contributed by atoms with van der Waals surface area (Å²) in [5.74, 6) is 2.54. The SMILES string of the molecule is [CH]1[CH][CH][CH][CH]1.[CH]1[CH][C](c2ccc3ccccc3n2)[C]([C@@H](c2ccccc2)P(c2ccccc2)c2ccccc2)[CH]1.[Fe+2]. The fraction of sp³-hybridized carbons (Fsp3) is 0.0263. The Labute approximate surface area is 258 Å². The van der Waals surface area contributed by atoms with Crippen molar-refractivity contribution in [1.29, 1.82) is 0 Å². The molecule has 0 unspecified atom stereocenters. The molecule has 3 heteroatoms. The summed E-state index contributed by atoms with van der Waals surface area (Å²) in [5.41, 5.74) is 3.59. The summed E-state index contributed by atoms with van der Waals surface area (Å²) in [5, 5.41) is 3.92. The zero-order valence-corrected chi connectivity index (χ0v) is 24.6. The Bertz CT molecular complexity index is 1420. The summed E-state index contributed by atoms with van der Waals surface area (Å²) in [6.45, 7) is 0. The second-order valence-electron chi connectivity index (χ2n) is 9.60. The zero-order valence-electron chi connectivity index (χ0n) is 22.6. The van der Waals surface area contributed by atoms with Crippen LogP contribution in [-0.2, 0) is 17.1 Å². The summed E-state index contributed by atoms with van der Waals surface area (Å²) in [7, 11) is -0.710. The van der Waals surface area contributed by atoms with Gasteiger partial charge in [0.1, 0.15) is 0 Å². The first-order chi connectivity index (χ1) is 19.9. The number of fused-ring (bicyclic) bond motifs is 1. The van der Waals surface area contributed by atoms with Gasteiger partial charge >= 0.3 is 17.1 Å².